The van der Waals surface area contributed by atoms with Crippen molar-refractivity contribution in [3.05, 3.63) is 17.0 Å². The highest BCUT2D eigenvalue weighted by Gasteiger charge is 2.22. The van der Waals surface area contributed by atoms with Crippen molar-refractivity contribution in [1.82, 2.24) is 4.31 Å². The Bertz CT molecular complexity index is 428. The third-order valence-corrected chi connectivity index (χ3v) is 5.46. The van der Waals surface area contributed by atoms with Crippen molar-refractivity contribution in [3.63, 3.8) is 0 Å². The third-order valence-electron chi connectivity index (χ3n) is 2.14. The van der Waals surface area contributed by atoms with E-state index >= 15 is 0 Å². The van der Waals surface area contributed by atoms with Gasteiger partial charge in [-0.3, -0.25) is 0 Å². The van der Waals surface area contributed by atoms with E-state index < -0.39 is 10.0 Å². The third kappa shape index (κ3) is 3.02. The highest BCUT2D eigenvalue weighted by molar-refractivity contribution is 7.91. The second-order valence-electron chi connectivity index (χ2n) is 3.30. The molecule has 0 saturated heterocycles. The molecule has 1 aromatic heterocycles. The lowest BCUT2D eigenvalue weighted by Crippen LogP contribution is -2.29. The van der Waals surface area contributed by atoms with Gasteiger partial charge in [0.05, 0.1) is 6.61 Å². The van der Waals surface area contributed by atoms with Crippen molar-refractivity contribution in [3.8, 4) is 0 Å². The van der Waals surface area contributed by atoms with Crippen molar-refractivity contribution < 1.29 is 13.2 Å². The van der Waals surface area contributed by atoms with E-state index in [0.29, 0.717) is 23.9 Å². The van der Waals surface area contributed by atoms with Gasteiger partial charge in [-0.25, -0.2) is 8.42 Å². The number of likely N-dealkylation sites (N-methyl/N-ethyl adjacent to an activating group) is 1. The Morgan fingerprint density at radius 3 is 2.75 bits per heavy atom. The Labute approximate surface area is 99.9 Å². The van der Waals surface area contributed by atoms with Crippen LogP contribution in [-0.2, 0) is 21.3 Å². The quantitative estimate of drug-likeness (QED) is 0.811. The summed E-state index contributed by atoms with van der Waals surface area (Å²) in [5.74, 6) is 0. The van der Waals surface area contributed by atoms with Crippen molar-refractivity contribution in [1.29, 1.82) is 0 Å². The first-order valence-electron chi connectivity index (χ1n) is 4.75. The van der Waals surface area contributed by atoms with Crippen LogP contribution in [0.15, 0.2) is 15.7 Å². The van der Waals surface area contributed by atoms with Crippen LogP contribution < -0.4 is 5.73 Å². The second kappa shape index (κ2) is 5.74. The van der Waals surface area contributed by atoms with Crippen LogP contribution in [0.5, 0.6) is 0 Å². The maximum absolute atomic E-state index is 12.0. The molecule has 0 aromatic carbocycles. The Morgan fingerprint density at radius 2 is 2.25 bits per heavy atom. The molecule has 1 rings (SSSR count). The molecular weight excluding hydrogens is 248 g/mol. The lowest BCUT2D eigenvalue weighted by Gasteiger charge is -2.14. The van der Waals surface area contributed by atoms with E-state index in [2.05, 4.69) is 0 Å². The van der Waals surface area contributed by atoms with Crippen molar-refractivity contribution in [2.75, 3.05) is 27.3 Å². The van der Waals surface area contributed by atoms with Crippen LogP contribution in [0.25, 0.3) is 0 Å². The molecule has 1 heterocycles. The molecular formula is C9H16N2O3S2. The van der Waals surface area contributed by atoms with Gasteiger partial charge in [0, 0.05) is 27.2 Å². The molecule has 0 fully saturated rings. The molecule has 92 valence electrons. The summed E-state index contributed by atoms with van der Waals surface area (Å²) in [5.41, 5.74) is 6.28. The molecule has 0 bridgehead atoms. The highest BCUT2D eigenvalue weighted by atomic mass is 32.2. The molecule has 0 unspecified atom stereocenters. The smallest absolute Gasteiger partial charge is 0.252 e. The Hall–Kier alpha value is -0.470. The molecule has 16 heavy (non-hydrogen) atoms. The fraction of sp³-hybridized carbons (Fsp3) is 0.556. The van der Waals surface area contributed by atoms with Crippen LogP contribution >= 0.6 is 11.3 Å². The van der Waals surface area contributed by atoms with Crippen LogP contribution in [0.4, 0.5) is 0 Å². The van der Waals surface area contributed by atoms with Gasteiger partial charge >= 0.3 is 0 Å². The van der Waals surface area contributed by atoms with Crippen molar-refractivity contribution in [2.45, 2.75) is 10.8 Å². The summed E-state index contributed by atoms with van der Waals surface area (Å²) < 4.78 is 30.5. The van der Waals surface area contributed by atoms with Gasteiger partial charge in [-0.2, -0.15) is 4.31 Å². The fourth-order valence-electron chi connectivity index (χ4n) is 1.09. The number of hydrogen-bond acceptors (Lipinski definition) is 5. The molecule has 2 N–H and O–H groups in total. The number of ether oxygens (including phenoxy) is 1. The highest BCUT2D eigenvalue weighted by Crippen LogP contribution is 2.22. The maximum atomic E-state index is 12.0. The first kappa shape index (κ1) is 13.6. The topological polar surface area (TPSA) is 72.6 Å². The normalized spacial score (nSPS) is 12.2. The summed E-state index contributed by atoms with van der Waals surface area (Å²) in [6, 6.07) is 1.61. The summed E-state index contributed by atoms with van der Waals surface area (Å²) in [7, 11) is -0.306. The molecule has 0 spiro atoms. The van der Waals surface area contributed by atoms with Crippen molar-refractivity contribution >= 4 is 21.4 Å². The number of thiophene rings is 1. The summed E-state index contributed by atoms with van der Waals surface area (Å²) in [5, 5.41) is 1.76. The molecule has 0 aliphatic heterocycles. The first-order chi connectivity index (χ1) is 7.52. The van der Waals surface area contributed by atoms with Gasteiger partial charge in [-0.05, 0) is 17.0 Å². The predicted molar refractivity (Wildman–Crippen MR) is 63.9 cm³/mol. The molecule has 1 aromatic rings. The standard InChI is InChI=1S/C9H16N2O3S2/c1-11(3-4-14-2)16(12,13)9-5-8(6-10)7-15-9/h5,7H,3-4,6,10H2,1-2H3. The molecule has 0 atom stereocenters. The van der Waals surface area contributed by atoms with E-state index in [1.165, 1.54) is 29.8 Å². The summed E-state index contributed by atoms with van der Waals surface area (Å²) >= 11 is 1.19. The number of methoxy groups -OCH3 is 1. The summed E-state index contributed by atoms with van der Waals surface area (Å²) in [4.78, 5) is 0. The summed E-state index contributed by atoms with van der Waals surface area (Å²) in [6.45, 7) is 1.08. The number of nitrogens with two attached hydrogens (primary N) is 1. The van der Waals surface area contributed by atoms with Crippen LogP contribution in [0.3, 0.4) is 0 Å². The zero-order valence-corrected chi connectivity index (χ0v) is 11.0. The van der Waals surface area contributed by atoms with E-state index in [4.69, 9.17) is 10.5 Å². The van der Waals surface area contributed by atoms with Crippen molar-refractivity contribution in [2.24, 2.45) is 5.73 Å². The van der Waals surface area contributed by atoms with Gasteiger partial charge in [0.1, 0.15) is 4.21 Å². The van der Waals surface area contributed by atoms with Gasteiger partial charge in [-0.15, -0.1) is 11.3 Å². The monoisotopic (exact) mass is 264 g/mol. The molecule has 0 aliphatic rings. The lowest BCUT2D eigenvalue weighted by molar-refractivity contribution is 0.185. The van der Waals surface area contributed by atoms with E-state index in [9.17, 15) is 8.42 Å². The summed E-state index contributed by atoms with van der Waals surface area (Å²) in [6.07, 6.45) is 0. The van der Waals surface area contributed by atoms with E-state index in [0.717, 1.165) is 5.56 Å². The van der Waals surface area contributed by atoms with Crippen LogP contribution in [-0.4, -0.2) is 40.0 Å². The SMILES string of the molecule is COCCN(C)S(=O)(=O)c1cc(CN)cs1. The number of hydrogen-bond donors (Lipinski definition) is 1. The molecule has 0 aliphatic carbocycles. The van der Waals surface area contributed by atoms with E-state index in [-0.39, 0.29) is 0 Å². The van der Waals surface area contributed by atoms with Crippen LogP contribution in [0.1, 0.15) is 5.56 Å². The average Bonchev–Trinajstić information content (AvgIpc) is 2.74. The Morgan fingerprint density at radius 1 is 1.56 bits per heavy atom. The first-order valence-corrected chi connectivity index (χ1v) is 7.07. The number of rotatable bonds is 6. The minimum atomic E-state index is -3.38. The largest absolute Gasteiger partial charge is 0.383 e. The molecule has 0 saturated carbocycles. The van der Waals surface area contributed by atoms with Gasteiger partial charge in [0.25, 0.3) is 10.0 Å². The maximum Gasteiger partial charge on any atom is 0.252 e. The van der Waals surface area contributed by atoms with E-state index in [1.54, 1.807) is 11.4 Å². The lowest BCUT2D eigenvalue weighted by atomic mass is 10.4. The fourth-order valence-corrected chi connectivity index (χ4v) is 3.68. The van der Waals surface area contributed by atoms with Crippen LogP contribution in [0, 0.1) is 0 Å². The number of nitrogens with zero attached hydrogens (tertiary/aromatic N) is 1. The van der Waals surface area contributed by atoms with Crippen LogP contribution in [0.2, 0.25) is 0 Å². The van der Waals surface area contributed by atoms with Gasteiger partial charge in [0.15, 0.2) is 0 Å². The van der Waals surface area contributed by atoms with Gasteiger partial charge in [0.2, 0.25) is 0 Å². The molecule has 0 radical (unpaired) electrons. The molecule has 5 nitrogen and oxygen atoms in total. The minimum Gasteiger partial charge on any atom is -0.383 e. The predicted octanol–water partition coefficient (Wildman–Crippen LogP) is 0.474. The average molecular weight is 264 g/mol. The zero-order chi connectivity index (χ0) is 12.2. The second-order valence-corrected chi connectivity index (χ2v) is 6.48. The van der Waals surface area contributed by atoms with Gasteiger partial charge < -0.3 is 10.5 Å². The number of sulfonamides is 1. The van der Waals surface area contributed by atoms with E-state index in [1.807, 2.05) is 0 Å². The molecule has 7 heteroatoms. The Kier molecular flexibility index (Phi) is 4.88. The zero-order valence-electron chi connectivity index (χ0n) is 9.34. The molecule has 0 amide bonds. The van der Waals surface area contributed by atoms with Gasteiger partial charge in [-0.1, -0.05) is 0 Å². The minimum absolute atomic E-state index is 0.326. The Balaban J connectivity index is 2.84.